The van der Waals surface area contributed by atoms with Crippen molar-refractivity contribution in [3.8, 4) is 5.75 Å². The van der Waals surface area contributed by atoms with Crippen LogP contribution in [0.25, 0.3) is 6.08 Å². The van der Waals surface area contributed by atoms with Crippen LogP contribution in [0.4, 0.5) is 0 Å². The second kappa shape index (κ2) is 7.71. The van der Waals surface area contributed by atoms with E-state index in [2.05, 4.69) is 6.08 Å². The van der Waals surface area contributed by atoms with Crippen molar-refractivity contribution >= 4 is 23.4 Å². The average Bonchev–Trinajstić information content (AvgIpc) is 2.05. The fraction of sp³-hybridized carbons (Fsp3) is 0.111. The molecule has 0 unspecified atom stereocenters. The first-order chi connectivity index (χ1) is 4.97. The van der Waals surface area contributed by atoms with Gasteiger partial charge in [0.1, 0.15) is 12.4 Å². The molecule has 2 rings (SSSR count). The molecule has 0 saturated carbocycles. The Morgan fingerprint density at radius 2 is 1.85 bits per heavy atom. The minimum atomic E-state index is 0. The second-order valence-corrected chi connectivity index (χ2v) is 2.25. The number of ether oxygens (including phenoxy) is 1. The summed E-state index contributed by atoms with van der Waals surface area (Å²) in [5.74, 6) is 0.991. The van der Waals surface area contributed by atoms with E-state index in [1.54, 1.807) is 0 Å². The quantitative estimate of drug-likeness (QED) is 0.638. The zero-order valence-corrected chi connectivity index (χ0v) is 8.60. The van der Waals surface area contributed by atoms with Gasteiger partial charge in [-0.15, -0.1) is 0 Å². The Hall–Kier alpha value is 0.331. The molecule has 0 N–H and O–H groups in total. The number of benzene rings is 1. The normalized spacial score (nSPS) is 10.8. The first kappa shape index (κ1) is 15.8. The van der Waals surface area contributed by atoms with Crippen LogP contribution >= 0.6 is 0 Å². The zero-order chi connectivity index (χ0) is 6.81. The molecule has 4 heteroatoms. The van der Waals surface area contributed by atoms with Gasteiger partial charge in [0.25, 0.3) is 0 Å². The summed E-state index contributed by atoms with van der Waals surface area (Å²) >= 11 is 0. The molecule has 1 aliphatic heterocycles. The van der Waals surface area contributed by atoms with Crippen LogP contribution in [0.3, 0.4) is 0 Å². The fourth-order valence-corrected chi connectivity index (χ4v) is 1.06. The number of rotatable bonds is 0. The van der Waals surface area contributed by atoms with Crippen LogP contribution in [0.2, 0.25) is 0 Å². The van der Waals surface area contributed by atoms with Gasteiger partial charge in [0, 0.05) is 39.7 Å². The van der Waals surface area contributed by atoms with Crippen LogP contribution in [0, 0.1) is 0 Å². The molecule has 0 saturated heterocycles. The molecule has 0 aromatic heterocycles. The number of fused-ring (bicyclic) bond motifs is 1. The van der Waals surface area contributed by atoms with E-state index in [4.69, 9.17) is 4.74 Å². The summed E-state index contributed by atoms with van der Waals surface area (Å²) in [7, 11) is 0. The molecule has 0 atom stereocenters. The van der Waals surface area contributed by atoms with Crippen molar-refractivity contribution in [3.63, 3.8) is 0 Å². The molecule has 0 aliphatic carbocycles. The van der Waals surface area contributed by atoms with Crippen molar-refractivity contribution in [3.05, 3.63) is 35.9 Å². The van der Waals surface area contributed by atoms with Gasteiger partial charge in [-0.1, -0.05) is 24.3 Å². The Balaban J connectivity index is 0. The number of hydrogen-bond acceptors (Lipinski definition) is 1. The summed E-state index contributed by atoms with van der Waals surface area (Å²) in [5.41, 5.74) is 1.17. The van der Waals surface area contributed by atoms with Crippen LogP contribution < -0.4 is 4.74 Å². The van der Waals surface area contributed by atoms with Crippen LogP contribution in [0.1, 0.15) is 5.56 Å². The van der Waals surface area contributed by atoms with Gasteiger partial charge < -0.3 is 4.74 Å². The second-order valence-electron chi connectivity index (χ2n) is 2.25. The van der Waals surface area contributed by atoms with Crippen LogP contribution in [-0.4, -0.2) is 24.0 Å². The van der Waals surface area contributed by atoms with E-state index in [1.165, 1.54) is 5.56 Å². The molecule has 1 aromatic carbocycles. The van der Waals surface area contributed by atoms with E-state index in [0.717, 1.165) is 5.75 Å². The van der Waals surface area contributed by atoms with Crippen LogP contribution in [0.5, 0.6) is 5.75 Å². The van der Waals surface area contributed by atoms with Crippen molar-refractivity contribution in [2.24, 2.45) is 0 Å². The predicted molar refractivity (Wildman–Crippen MR) is 50.9 cm³/mol. The number of hydrogen-bond donors (Lipinski definition) is 0. The summed E-state index contributed by atoms with van der Waals surface area (Å²) in [6.45, 7) is 0.705. The molecule has 1 nitrogen and oxygen atoms in total. The molecule has 0 amide bonds. The zero-order valence-electron chi connectivity index (χ0n) is 6.31. The molecule has 71 valence electrons. The minimum absolute atomic E-state index is 0. The van der Waals surface area contributed by atoms with Crippen molar-refractivity contribution in [2.45, 2.75) is 0 Å². The molecule has 0 fully saturated rings. The van der Waals surface area contributed by atoms with Crippen molar-refractivity contribution < 1.29 is 38.9 Å². The monoisotopic (exact) mass is 273 g/mol. The fourth-order valence-electron chi connectivity index (χ4n) is 1.06. The van der Waals surface area contributed by atoms with Crippen molar-refractivity contribution in [1.29, 1.82) is 0 Å². The van der Waals surface area contributed by atoms with Crippen molar-refractivity contribution in [1.82, 2.24) is 0 Å². The first-order valence-corrected chi connectivity index (χ1v) is 3.35. The maximum absolute atomic E-state index is 5.34. The third-order valence-corrected chi connectivity index (χ3v) is 1.55. The molecule has 13 heavy (non-hydrogen) atoms. The van der Waals surface area contributed by atoms with Gasteiger partial charge in [0.05, 0.1) is 0 Å². The maximum atomic E-state index is 5.34. The summed E-state index contributed by atoms with van der Waals surface area (Å²) < 4.78 is 5.34. The van der Waals surface area contributed by atoms with Gasteiger partial charge >= 0.3 is 0 Å². The Labute approximate surface area is 110 Å². The van der Waals surface area contributed by atoms with Gasteiger partial charge in [-0.25, -0.2) is 0 Å². The smallest absolute Gasteiger partial charge is 0.187 e. The summed E-state index contributed by atoms with van der Waals surface area (Å²) in [6, 6.07) is 8.03. The van der Waals surface area contributed by atoms with E-state index in [1.807, 2.05) is 30.3 Å². The van der Waals surface area contributed by atoms with Gasteiger partial charge in [0.2, 0.25) is 0 Å². The third-order valence-electron chi connectivity index (χ3n) is 1.55. The summed E-state index contributed by atoms with van der Waals surface area (Å²) in [5, 5.41) is 0. The Morgan fingerprint density at radius 3 is 2.54 bits per heavy atom. The van der Waals surface area contributed by atoms with Crippen LogP contribution in [0.15, 0.2) is 30.3 Å². The summed E-state index contributed by atoms with van der Waals surface area (Å²) in [4.78, 5) is 0. The van der Waals surface area contributed by atoms with E-state index in [9.17, 15) is 0 Å². The molecule has 1 radical (unpaired) electrons. The largest absolute Gasteiger partial charge is 0.489 e. The van der Waals surface area contributed by atoms with Crippen LogP contribution in [-0.2, 0) is 34.1 Å². The molecule has 0 spiro atoms. The molecule has 0 bridgehead atoms. The molecule has 1 aromatic rings. The van der Waals surface area contributed by atoms with E-state index < -0.39 is 0 Å². The predicted octanol–water partition coefficient (Wildman–Crippen LogP) is 0.903. The summed E-state index contributed by atoms with van der Waals surface area (Å²) in [6.07, 6.45) is 4.10. The topological polar surface area (TPSA) is 9.23 Å². The van der Waals surface area contributed by atoms with Gasteiger partial charge in [-0.2, -0.15) is 0 Å². The molecular formula is C9H11AlFeMnO. The average molecular weight is 273 g/mol. The molecule has 1 heterocycles. The van der Waals surface area contributed by atoms with Gasteiger partial charge in [-0.05, 0) is 12.1 Å². The van der Waals surface area contributed by atoms with Gasteiger partial charge in [0.15, 0.2) is 17.4 Å². The standard InChI is InChI=1S/C9H8O.Al.Fe.Mn.3H/c1-2-6-9-8(4-1)5-3-7-10-9;;;;;;/h1-6H,7H2;;;;;;. The van der Waals surface area contributed by atoms with E-state index >= 15 is 0 Å². The first-order valence-electron chi connectivity index (χ1n) is 3.35. The Morgan fingerprint density at radius 1 is 1.15 bits per heavy atom. The molecule has 1 aliphatic rings. The molecular weight excluding hydrogens is 262 g/mol. The maximum Gasteiger partial charge on any atom is 0.187 e. The minimum Gasteiger partial charge on any atom is -0.489 e. The third kappa shape index (κ3) is 3.92. The van der Waals surface area contributed by atoms with Gasteiger partial charge in [-0.3, -0.25) is 0 Å². The van der Waals surface area contributed by atoms with E-state index in [-0.39, 0.29) is 51.5 Å². The Bertz CT molecular complexity index is 278. The van der Waals surface area contributed by atoms with E-state index in [0.29, 0.717) is 6.61 Å². The SMILES string of the molecule is C1=Cc2ccccc2OC1.[AlH3].[Fe].[Mn]. The number of para-hydroxylation sites is 1. The van der Waals surface area contributed by atoms with Crippen molar-refractivity contribution in [2.75, 3.05) is 6.61 Å². The Kier molecular flexibility index (Phi) is 9.36.